The molecular weight excluding hydrogens is 672 g/mol. The first-order valence-corrected chi connectivity index (χ1v) is 20.0. The summed E-state index contributed by atoms with van der Waals surface area (Å²) in [6.45, 7) is 24.5. The third kappa shape index (κ3) is 12.8. The minimum absolute atomic E-state index is 0.0170. The Hall–Kier alpha value is -2.26. The third-order valence-corrected chi connectivity index (χ3v) is 13.5. The Kier molecular flexibility index (Phi) is 13.9. The number of hydrogen-bond donors (Lipinski definition) is 0. The molecule has 0 N–H and O–H groups in total. The van der Waals surface area contributed by atoms with E-state index in [0.717, 1.165) is 27.2 Å². The molecule has 1 aliphatic rings. The molecule has 0 radical (unpaired) electrons. The number of nitrogens with zero attached hydrogens (tertiary/aromatic N) is 2. The fraction of sp³-hybridized carbons (Fsp3) is 0.647. The summed E-state index contributed by atoms with van der Waals surface area (Å²) in [6, 6.07) is -0.218. The van der Waals surface area contributed by atoms with E-state index in [1.165, 1.54) is 16.2 Å². The number of ether oxygens (including phenoxy) is 2. The fourth-order valence-electron chi connectivity index (χ4n) is 4.59. The Bertz CT molecular complexity index is 1340. The second-order valence-electron chi connectivity index (χ2n) is 14.5. The van der Waals surface area contributed by atoms with Gasteiger partial charge in [0.1, 0.15) is 11.7 Å². The summed E-state index contributed by atoms with van der Waals surface area (Å²) in [5, 5.41) is 2.93. The molecule has 45 heavy (non-hydrogen) atoms. The van der Waals surface area contributed by atoms with Gasteiger partial charge in [-0.3, -0.25) is 4.79 Å². The SMILES string of the molecule is C/C(Br)=C\[C@H](Cc1nc([C@@H](C)C[C@@H]2CC(=O)N2C(=O)OC(C)(C)C)cs1)OC(=O)C#C/C=C(\C)C[C@H](C)O[Si](C)(C)C(C)(C)C. The van der Waals surface area contributed by atoms with Gasteiger partial charge in [0.15, 0.2) is 8.32 Å². The van der Waals surface area contributed by atoms with Crippen molar-refractivity contribution in [3.8, 4) is 11.8 Å². The maximum atomic E-state index is 12.6. The summed E-state index contributed by atoms with van der Waals surface area (Å²) in [6.07, 6.45) is 4.54. The Morgan fingerprint density at radius 2 is 1.84 bits per heavy atom. The quantitative estimate of drug-likeness (QED) is 0.0742. The molecule has 250 valence electrons. The van der Waals surface area contributed by atoms with Crippen LogP contribution in [0.25, 0.3) is 0 Å². The maximum Gasteiger partial charge on any atom is 0.417 e. The molecule has 2 rings (SSSR count). The van der Waals surface area contributed by atoms with Crippen molar-refractivity contribution in [1.82, 2.24) is 9.88 Å². The predicted octanol–water partition coefficient (Wildman–Crippen LogP) is 8.68. The molecule has 4 atom stereocenters. The van der Waals surface area contributed by atoms with Crippen molar-refractivity contribution in [3.63, 3.8) is 0 Å². The van der Waals surface area contributed by atoms with Gasteiger partial charge in [-0.05, 0) is 89.2 Å². The van der Waals surface area contributed by atoms with Gasteiger partial charge in [0, 0.05) is 36.2 Å². The highest BCUT2D eigenvalue weighted by molar-refractivity contribution is 9.11. The largest absolute Gasteiger partial charge is 0.448 e. The number of β-lactam (4-membered cyclic amide) rings is 1. The minimum Gasteiger partial charge on any atom is -0.448 e. The van der Waals surface area contributed by atoms with Gasteiger partial charge in [-0.25, -0.2) is 19.5 Å². The van der Waals surface area contributed by atoms with Gasteiger partial charge < -0.3 is 13.9 Å². The van der Waals surface area contributed by atoms with Crippen molar-refractivity contribution in [2.45, 2.75) is 143 Å². The number of aromatic nitrogens is 1. The van der Waals surface area contributed by atoms with E-state index in [0.29, 0.717) is 19.3 Å². The van der Waals surface area contributed by atoms with E-state index < -0.39 is 32.1 Å². The zero-order chi connectivity index (χ0) is 34.3. The molecule has 0 saturated carbocycles. The van der Waals surface area contributed by atoms with Crippen LogP contribution >= 0.6 is 27.3 Å². The molecule has 0 bridgehead atoms. The van der Waals surface area contributed by atoms with Gasteiger partial charge in [0.2, 0.25) is 5.91 Å². The van der Waals surface area contributed by atoms with Gasteiger partial charge in [-0.2, -0.15) is 0 Å². The van der Waals surface area contributed by atoms with Crippen LogP contribution in [0, 0.1) is 11.8 Å². The van der Waals surface area contributed by atoms with E-state index in [4.69, 9.17) is 18.9 Å². The molecule has 1 aromatic heterocycles. The second kappa shape index (κ2) is 16.0. The van der Waals surface area contributed by atoms with Crippen LogP contribution in [-0.2, 0) is 29.9 Å². The highest BCUT2D eigenvalue weighted by Gasteiger charge is 2.43. The fourth-order valence-corrected chi connectivity index (χ4v) is 7.29. The first kappa shape index (κ1) is 38.9. The lowest BCUT2D eigenvalue weighted by molar-refractivity contribution is -0.144. The molecule has 0 aromatic carbocycles. The van der Waals surface area contributed by atoms with Gasteiger partial charge in [-0.15, -0.1) is 11.3 Å². The highest BCUT2D eigenvalue weighted by Crippen LogP contribution is 2.38. The summed E-state index contributed by atoms with van der Waals surface area (Å²) in [4.78, 5) is 43.3. The summed E-state index contributed by atoms with van der Waals surface area (Å²) >= 11 is 4.93. The topological polar surface area (TPSA) is 95.0 Å². The van der Waals surface area contributed by atoms with E-state index >= 15 is 0 Å². The number of imide groups is 1. The summed E-state index contributed by atoms with van der Waals surface area (Å²) in [5.41, 5.74) is 1.24. The number of halogens is 1. The number of carbonyl (C=O) groups is 3. The number of carbonyl (C=O) groups excluding carboxylic acids is 3. The Labute approximate surface area is 283 Å². The Morgan fingerprint density at radius 3 is 2.40 bits per heavy atom. The number of amides is 2. The van der Waals surface area contributed by atoms with Crippen LogP contribution in [0.4, 0.5) is 4.79 Å². The number of likely N-dealkylation sites (tertiary alicyclic amines) is 1. The van der Waals surface area contributed by atoms with Crippen LogP contribution in [0.3, 0.4) is 0 Å². The number of allylic oxidation sites excluding steroid dienone is 2. The summed E-state index contributed by atoms with van der Waals surface area (Å²) < 4.78 is 18.4. The van der Waals surface area contributed by atoms with Crippen LogP contribution in [0.15, 0.2) is 27.6 Å². The van der Waals surface area contributed by atoms with Gasteiger partial charge >= 0.3 is 12.1 Å². The van der Waals surface area contributed by atoms with Gasteiger partial charge in [-0.1, -0.05) is 55.1 Å². The molecule has 0 aliphatic carbocycles. The third-order valence-electron chi connectivity index (χ3n) is 7.79. The monoisotopic (exact) mass is 722 g/mol. The van der Waals surface area contributed by atoms with E-state index in [1.54, 1.807) is 26.8 Å². The number of hydrogen-bond acceptors (Lipinski definition) is 8. The second-order valence-corrected chi connectivity index (χ2v) is 21.4. The zero-order valence-electron chi connectivity index (χ0n) is 29.0. The van der Waals surface area contributed by atoms with E-state index in [-0.39, 0.29) is 29.0 Å². The summed E-state index contributed by atoms with van der Waals surface area (Å²) in [5.74, 6) is 4.62. The predicted molar refractivity (Wildman–Crippen MR) is 187 cm³/mol. The smallest absolute Gasteiger partial charge is 0.417 e. The van der Waals surface area contributed by atoms with Gasteiger partial charge in [0.05, 0.1) is 16.7 Å². The Morgan fingerprint density at radius 1 is 1.20 bits per heavy atom. The highest BCUT2D eigenvalue weighted by atomic mass is 79.9. The Balaban J connectivity index is 1.98. The molecule has 0 unspecified atom stereocenters. The van der Waals surface area contributed by atoms with Crippen molar-refractivity contribution < 1.29 is 28.3 Å². The van der Waals surface area contributed by atoms with E-state index in [2.05, 4.69) is 68.6 Å². The van der Waals surface area contributed by atoms with Crippen molar-refractivity contribution in [1.29, 1.82) is 0 Å². The molecule has 2 heterocycles. The standard InChI is InChI=1S/C34H51BrN2O6SSi/c1-22(16-25(4)43-45(11,12)34(8,9)10)14-13-15-31(39)41-27(18-24(3)35)20-29-36-28(21-44-29)23(2)17-26-19-30(38)37(26)32(40)42-33(5,6)7/h14,18,21,23,25-27H,16-17,19-20H2,1-12H3/b22-14+,24-18+/t23-,25-,26+,27+/m0/s1. The maximum absolute atomic E-state index is 12.6. The molecule has 1 fully saturated rings. The minimum atomic E-state index is -1.86. The lowest BCUT2D eigenvalue weighted by atomic mass is 9.91. The molecule has 11 heteroatoms. The number of esters is 1. The summed E-state index contributed by atoms with van der Waals surface area (Å²) in [7, 11) is -1.86. The zero-order valence-corrected chi connectivity index (χ0v) is 32.4. The number of thiazole rings is 1. The molecule has 1 saturated heterocycles. The number of rotatable bonds is 11. The average Bonchev–Trinajstić information content (AvgIpc) is 3.29. The van der Waals surface area contributed by atoms with Crippen molar-refractivity contribution in [2.75, 3.05) is 0 Å². The van der Waals surface area contributed by atoms with E-state index in [9.17, 15) is 14.4 Å². The first-order chi connectivity index (χ1) is 20.6. The van der Waals surface area contributed by atoms with E-state index in [1.807, 2.05) is 32.2 Å². The average molecular weight is 724 g/mol. The van der Waals surface area contributed by atoms with Crippen molar-refractivity contribution in [3.05, 3.63) is 38.3 Å². The molecule has 2 amide bonds. The van der Waals surface area contributed by atoms with Crippen LogP contribution in [0.2, 0.25) is 18.1 Å². The van der Waals surface area contributed by atoms with Crippen LogP contribution < -0.4 is 0 Å². The first-order valence-electron chi connectivity index (χ1n) is 15.5. The molecule has 1 aliphatic heterocycles. The van der Waals surface area contributed by atoms with Crippen LogP contribution in [0.1, 0.15) is 105 Å². The lowest BCUT2D eigenvalue weighted by Gasteiger charge is -2.40. The lowest BCUT2D eigenvalue weighted by Crippen LogP contribution is -2.57. The van der Waals surface area contributed by atoms with Crippen LogP contribution in [-0.4, -0.2) is 60.0 Å². The normalized spacial score (nSPS) is 18.4. The molecule has 8 nitrogen and oxygen atoms in total. The van der Waals surface area contributed by atoms with Crippen molar-refractivity contribution >= 4 is 53.6 Å². The van der Waals surface area contributed by atoms with Gasteiger partial charge in [0.25, 0.3) is 0 Å². The van der Waals surface area contributed by atoms with Crippen LogP contribution in [0.5, 0.6) is 0 Å². The molecular formula is C34H51BrN2O6SSi. The van der Waals surface area contributed by atoms with Crippen molar-refractivity contribution in [2.24, 2.45) is 0 Å². The molecule has 1 aromatic rings. The molecule has 0 spiro atoms.